The van der Waals surface area contributed by atoms with E-state index in [0.29, 0.717) is 23.6 Å². The van der Waals surface area contributed by atoms with Crippen LogP contribution in [-0.2, 0) is 16.6 Å². The summed E-state index contributed by atoms with van der Waals surface area (Å²) in [4.78, 5) is 12.4. The molecule has 1 saturated heterocycles. The summed E-state index contributed by atoms with van der Waals surface area (Å²) in [6, 6.07) is 8.59. The topological polar surface area (TPSA) is 120 Å². The van der Waals surface area contributed by atoms with Gasteiger partial charge < -0.3 is 19.1 Å². The van der Waals surface area contributed by atoms with Crippen molar-refractivity contribution in [1.29, 1.82) is 0 Å². The lowest BCUT2D eigenvalue weighted by Crippen LogP contribution is -2.26. The first-order chi connectivity index (χ1) is 14.7. The Kier molecular flexibility index (Phi) is 6.98. The van der Waals surface area contributed by atoms with Crippen molar-refractivity contribution in [2.24, 2.45) is 0 Å². The molecule has 0 bridgehead atoms. The van der Waals surface area contributed by atoms with E-state index in [-0.39, 0.29) is 29.0 Å². The quantitative estimate of drug-likeness (QED) is 0.455. The van der Waals surface area contributed by atoms with Crippen LogP contribution in [0.5, 0.6) is 17.2 Å². The zero-order valence-electron chi connectivity index (χ0n) is 17.5. The largest absolute Gasteiger partial charge is 0.497 e. The van der Waals surface area contributed by atoms with E-state index in [9.17, 15) is 18.5 Å². The van der Waals surface area contributed by atoms with E-state index in [0.717, 1.165) is 19.0 Å². The third-order valence-electron chi connectivity index (χ3n) is 5.02. The Hall–Kier alpha value is -2.89. The van der Waals surface area contributed by atoms with Crippen molar-refractivity contribution in [1.82, 2.24) is 9.62 Å². The number of ether oxygens (including phenoxy) is 3. The molecule has 2 aromatic rings. The minimum atomic E-state index is -4.12. The summed E-state index contributed by atoms with van der Waals surface area (Å²) in [7, 11) is 0.811. The summed E-state index contributed by atoms with van der Waals surface area (Å²) >= 11 is 0. The van der Waals surface area contributed by atoms with Crippen LogP contribution in [0.3, 0.4) is 0 Å². The second-order valence-corrected chi connectivity index (χ2v) is 8.92. The number of likely N-dealkylation sites (tertiary alicyclic amines) is 1. The SMILES string of the molecule is COc1ccc(CNS(=O)(=O)c2cc([N+](=O)[O-])ccc2O[C@@H]2CCN(C)C2)c(OC)c1. The number of nitrogens with zero attached hydrogens (tertiary/aromatic N) is 2. The Labute approximate surface area is 180 Å². The molecular weight excluding hydrogens is 426 g/mol. The van der Waals surface area contributed by atoms with Crippen molar-refractivity contribution >= 4 is 15.7 Å². The van der Waals surface area contributed by atoms with E-state index in [1.807, 2.05) is 7.05 Å². The summed E-state index contributed by atoms with van der Waals surface area (Å²) in [6.45, 7) is 1.39. The van der Waals surface area contributed by atoms with Gasteiger partial charge in [0.15, 0.2) is 0 Å². The fraction of sp³-hybridized carbons (Fsp3) is 0.400. The standard InChI is InChI=1S/C20H25N3O7S/c1-22-9-8-17(13-22)30-18-7-5-15(23(24)25)10-20(18)31(26,27)21-12-14-4-6-16(28-2)11-19(14)29-3/h4-7,10-11,17,21H,8-9,12-13H2,1-3H3/t17-/m1/s1. The molecule has 0 radical (unpaired) electrons. The number of rotatable bonds is 9. The Morgan fingerprint density at radius 1 is 1.16 bits per heavy atom. The van der Waals surface area contributed by atoms with Gasteiger partial charge in [-0.25, -0.2) is 13.1 Å². The molecule has 31 heavy (non-hydrogen) atoms. The lowest BCUT2D eigenvalue weighted by atomic mass is 10.2. The van der Waals surface area contributed by atoms with Crippen LogP contribution < -0.4 is 18.9 Å². The van der Waals surface area contributed by atoms with E-state index in [4.69, 9.17) is 14.2 Å². The number of nitro benzene ring substituents is 1. The molecule has 1 atom stereocenters. The molecule has 168 valence electrons. The molecule has 3 rings (SSSR count). The average molecular weight is 452 g/mol. The Bertz CT molecular complexity index is 1060. The van der Waals surface area contributed by atoms with Gasteiger partial charge in [0.05, 0.1) is 19.1 Å². The van der Waals surface area contributed by atoms with E-state index in [1.165, 1.54) is 26.4 Å². The molecule has 11 heteroatoms. The first kappa shape index (κ1) is 22.8. The molecule has 0 amide bonds. The molecule has 1 heterocycles. The average Bonchev–Trinajstić information content (AvgIpc) is 3.16. The van der Waals surface area contributed by atoms with Crippen LogP contribution in [0, 0.1) is 10.1 Å². The summed E-state index contributed by atoms with van der Waals surface area (Å²) < 4.78 is 45.0. The predicted octanol–water partition coefficient (Wildman–Crippen LogP) is 2.17. The number of nitro groups is 1. The van der Waals surface area contributed by atoms with Crippen LogP contribution in [0.2, 0.25) is 0 Å². The van der Waals surface area contributed by atoms with Crippen LogP contribution >= 0.6 is 0 Å². The number of methoxy groups -OCH3 is 2. The van der Waals surface area contributed by atoms with Gasteiger partial charge in [0.1, 0.15) is 28.2 Å². The molecular formula is C20H25N3O7S. The van der Waals surface area contributed by atoms with Gasteiger partial charge in [-0.15, -0.1) is 0 Å². The molecule has 1 N–H and O–H groups in total. The fourth-order valence-corrected chi connectivity index (χ4v) is 4.49. The van der Waals surface area contributed by atoms with Gasteiger partial charge in [-0.05, 0) is 25.6 Å². The minimum Gasteiger partial charge on any atom is -0.497 e. The maximum Gasteiger partial charge on any atom is 0.271 e. The summed E-state index contributed by atoms with van der Waals surface area (Å²) in [6.07, 6.45) is 0.547. The Morgan fingerprint density at radius 2 is 1.94 bits per heavy atom. The molecule has 2 aromatic carbocycles. The van der Waals surface area contributed by atoms with Crippen LogP contribution in [0.4, 0.5) is 5.69 Å². The van der Waals surface area contributed by atoms with Crippen molar-refractivity contribution < 1.29 is 27.6 Å². The Balaban J connectivity index is 1.88. The molecule has 1 aliphatic rings. The highest BCUT2D eigenvalue weighted by atomic mass is 32.2. The number of sulfonamides is 1. The van der Waals surface area contributed by atoms with Crippen molar-refractivity contribution in [3.8, 4) is 17.2 Å². The third kappa shape index (κ3) is 5.43. The van der Waals surface area contributed by atoms with Gasteiger partial charge in [-0.3, -0.25) is 10.1 Å². The van der Waals surface area contributed by atoms with Crippen LogP contribution in [0.1, 0.15) is 12.0 Å². The van der Waals surface area contributed by atoms with Crippen LogP contribution in [-0.4, -0.2) is 58.7 Å². The molecule has 0 unspecified atom stereocenters. The Morgan fingerprint density at radius 3 is 2.55 bits per heavy atom. The monoisotopic (exact) mass is 451 g/mol. The smallest absolute Gasteiger partial charge is 0.271 e. The highest BCUT2D eigenvalue weighted by molar-refractivity contribution is 7.89. The van der Waals surface area contributed by atoms with E-state index in [2.05, 4.69) is 9.62 Å². The van der Waals surface area contributed by atoms with Crippen LogP contribution in [0.15, 0.2) is 41.3 Å². The maximum atomic E-state index is 13.1. The van der Waals surface area contributed by atoms with Crippen molar-refractivity contribution in [3.05, 3.63) is 52.1 Å². The van der Waals surface area contributed by atoms with Gasteiger partial charge in [-0.1, -0.05) is 6.07 Å². The minimum absolute atomic E-state index is 0.0796. The number of nitrogens with one attached hydrogen (secondary N) is 1. The van der Waals surface area contributed by atoms with Crippen molar-refractivity contribution in [3.63, 3.8) is 0 Å². The predicted molar refractivity (Wildman–Crippen MR) is 113 cm³/mol. The summed E-state index contributed by atoms with van der Waals surface area (Å²) in [5.74, 6) is 1.10. The van der Waals surface area contributed by atoms with Gasteiger partial charge >= 0.3 is 0 Å². The van der Waals surface area contributed by atoms with Crippen LogP contribution in [0.25, 0.3) is 0 Å². The number of likely N-dealkylation sites (N-methyl/N-ethyl adjacent to an activating group) is 1. The highest BCUT2D eigenvalue weighted by Gasteiger charge is 2.27. The van der Waals surface area contributed by atoms with E-state index < -0.39 is 14.9 Å². The first-order valence-corrected chi connectivity index (χ1v) is 11.1. The lowest BCUT2D eigenvalue weighted by Gasteiger charge is -2.17. The highest BCUT2D eigenvalue weighted by Crippen LogP contribution is 2.31. The maximum absolute atomic E-state index is 13.1. The van der Waals surface area contributed by atoms with Gasteiger partial charge in [0.25, 0.3) is 5.69 Å². The number of benzene rings is 2. The van der Waals surface area contributed by atoms with Gasteiger partial charge in [-0.2, -0.15) is 0 Å². The molecule has 1 fully saturated rings. The first-order valence-electron chi connectivity index (χ1n) is 9.57. The number of hydrogen-bond acceptors (Lipinski definition) is 8. The molecule has 10 nitrogen and oxygen atoms in total. The third-order valence-corrected chi connectivity index (χ3v) is 6.44. The fourth-order valence-electron chi connectivity index (χ4n) is 3.34. The van der Waals surface area contributed by atoms with Crippen molar-refractivity contribution in [2.45, 2.75) is 24.0 Å². The number of hydrogen-bond donors (Lipinski definition) is 1. The zero-order chi connectivity index (χ0) is 22.6. The van der Waals surface area contributed by atoms with E-state index >= 15 is 0 Å². The normalized spacial score (nSPS) is 16.8. The molecule has 0 saturated carbocycles. The van der Waals surface area contributed by atoms with Gasteiger partial charge in [0, 0.05) is 43.4 Å². The zero-order valence-corrected chi connectivity index (χ0v) is 18.3. The number of non-ortho nitro benzene ring substituents is 1. The molecule has 0 spiro atoms. The molecule has 0 aliphatic carbocycles. The summed E-state index contributed by atoms with van der Waals surface area (Å²) in [5, 5.41) is 11.2. The molecule has 0 aromatic heterocycles. The van der Waals surface area contributed by atoms with Gasteiger partial charge in [0.2, 0.25) is 10.0 Å². The second kappa shape index (κ2) is 9.50. The summed E-state index contributed by atoms with van der Waals surface area (Å²) in [5.41, 5.74) is 0.246. The second-order valence-electron chi connectivity index (χ2n) is 7.18. The van der Waals surface area contributed by atoms with Crippen molar-refractivity contribution in [2.75, 3.05) is 34.4 Å². The van der Waals surface area contributed by atoms with E-state index in [1.54, 1.807) is 18.2 Å². The lowest BCUT2D eigenvalue weighted by molar-refractivity contribution is -0.385. The molecule has 1 aliphatic heterocycles.